The topological polar surface area (TPSA) is 107 Å². The summed E-state index contributed by atoms with van der Waals surface area (Å²) in [6.45, 7) is 1.96. The number of amides is 2. The van der Waals surface area contributed by atoms with Crippen LogP contribution in [0.2, 0.25) is 0 Å². The molecule has 31 heavy (non-hydrogen) atoms. The maximum atomic E-state index is 12.6. The number of hydrogen-bond donors (Lipinski definition) is 2. The van der Waals surface area contributed by atoms with Crippen molar-refractivity contribution in [3.8, 4) is 11.5 Å². The standard InChI is InChI=1S/C21H21N5O4S/c1-13(20(28)23-15-8-9-16-17(10-15)30-12-29-16)31-21-25-24-18(26(21)2)11-19(27)22-14-6-4-3-5-7-14/h3-10,13H,11-12H2,1-2H3,(H,22,27)(H,23,28)/t13-/m0/s1. The summed E-state index contributed by atoms with van der Waals surface area (Å²) in [6, 6.07) is 14.5. The molecule has 1 aliphatic rings. The monoisotopic (exact) mass is 439 g/mol. The summed E-state index contributed by atoms with van der Waals surface area (Å²) < 4.78 is 12.3. The first kappa shape index (κ1) is 20.7. The number of anilines is 2. The van der Waals surface area contributed by atoms with Gasteiger partial charge in [0.1, 0.15) is 5.82 Å². The van der Waals surface area contributed by atoms with Crippen molar-refractivity contribution in [3.63, 3.8) is 0 Å². The van der Waals surface area contributed by atoms with Crippen molar-refractivity contribution in [2.75, 3.05) is 17.4 Å². The van der Waals surface area contributed by atoms with E-state index >= 15 is 0 Å². The fourth-order valence-electron chi connectivity index (χ4n) is 2.90. The van der Waals surface area contributed by atoms with E-state index in [0.717, 1.165) is 5.69 Å². The molecule has 160 valence electrons. The summed E-state index contributed by atoms with van der Waals surface area (Å²) >= 11 is 1.26. The highest BCUT2D eigenvalue weighted by Gasteiger charge is 2.21. The predicted molar refractivity (Wildman–Crippen MR) is 116 cm³/mol. The average molecular weight is 439 g/mol. The van der Waals surface area contributed by atoms with Crippen molar-refractivity contribution >= 4 is 35.0 Å². The molecule has 0 aliphatic carbocycles. The van der Waals surface area contributed by atoms with Crippen molar-refractivity contribution in [2.45, 2.75) is 23.8 Å². The number of nitrogens with one attached hydrogen (secondary N) is 2. The van der Waals surface area contributed by atoms with Crippen LogP contribution in [-0.2, 0) is 23.1 Å². The Balaban J connectivity index is 1.34. The zero-order valence-electron chi connectivity index (χ0n) is 17.0. The van der Waals surface area contributed by atoms with E-state index in [0.29, 0.717) is 28.2 Å². The molecule has 0 spiro atoms. The zero-order chi connectivity index (χ0) is 21.8. The van der Waals surface area contributed by atoms with E-state index in [9.17, 15) is 9.59 Å². The lowest BCUT2D eigenvalue weighted by molar-refractivity contribution is -0.116. The second kappa shape index (κ2) is 9.09. The van der Waals surface area contributed by atoms with Gasteiger partial charge >= 0.3 is 0 Å². The normalized spacial score (nSPS) is 13.0. The summed E-state index contributed by atoms with van der Waals surface area (Å²) in [5.41, 5.74) is 1.34. The molecule has 3 aromatic rings. The SMILES string of the molecule is C[C@H](Sc1nnc(CC(=O)Nc2ccccc2)n1C)C(=O)Nc1ccc2c(c1)OCO2. The van der Waals surface area contributed by atoms with Crippen LogP contribution < -0.4 is 20.1 Å². The Morgan fingerprint density at radius 2 is 1.84 bits per heavy atom. The van der Waals surface area contributed by atoms with Crippen molar-refractivity contribution in [2.24, 2.45) is 7.05 Å². The van der Waals surface area contributed by atoms with Crippen LogP contribution in [0, 0.1) is 0 Å². The van der Waals surface area contributed by atoms with Gasteiger partial charge in [0.05, 0.1) is 11.7 Å². The van der Waals surface area contributed by atoms with Crippen LogP contribution in [0.1, 0.15) is 12.7 Å². The molecule has 1 aromatic heterocycles. The van der Waals surface area contributed by atoms with Crippen LogP contribution in [0.3, 0.4) is 0 Å². The van der Waals surface area contributed by atoms with Crippen LogP contribution in [0.5, 0.6) is 11.5 Å². The van der Waals surface area contributed by atoms with Crippen molar-refractivity contribution in [3.05, 3.63) is 54.4 Å². The number of para-hydroxylation sites is 1. The predicted octanol–water partition coefficient (Wildman–Crippen LogP) is 2.84. The average Bonchev–Trinajstić information content (AvgIpc) is 3.36. The maximum Gasteiger partial charge on any atom is 0.237 e. The van der Waals surface area contributed by atoms with Gasteiger partial charge < -0.3 is 24.7 Å². The van der Waals surface area contributed by atoms with Gasteiger partial charge in [-0.2, -0.15) is 0 Å². The summed E-state index contributed by atoms with van der Waals surface area (Å²) in [5, 5.41) is 14.0. The van der Waals surface area contributed by atoms with Crippen molar-refractivity contribution < 1.29 is 19.1 Å². The summed E-state index contributed by atoms with van der Waals surface area (Å²) in [4.78, 5) is 24.9. The minimum Gasteiger partial charge on any atom is -0.454 e. The quantitative estimate of drug-likeness (QED) is 0.545. The third-order valence-electron chi connectivity index (χ3n) is 4.59. The number of hydrogen-bond acceptors (Lipinski definition) is 7. The molecule has 2 heterocycles. The highest BCUT2D eigenvalue weighted by atomic mass is 32.2. The maximum absolute atomic E-state index is 12.6. The van der Waals surface area contributed by atoms with Crippen molar-refractivity contribution in [1.29, 1.82) is 0 Å². The highest BCUT2D eigenvalue weighted by molar-refractivity contribution is 8.00. The third kappa shape index (κ3) is 4.97. The zero-order valence-corrected chi connectivity index (χ0v) is 17.8. The lowest BCUT2D eigenvalue weighted by atomic mass is 10.2. The Morgan fingerprint density at radius 1 is 1.06 bits per heavy atom. The molecule has 0 fully saturated rings. The second-order valence-electron chi connectivity index (χ2n) is 6.87. The van der Waals surface area contributed by atoms with E-state index in [1.165, 1.54) is 11.8 Å². The second-order valence-corrected chi connectivity index (χ2v) is 8.17. The first-order chi connectivity index (χ1) is 15.0. The number of thioether (sulfide) groups is 1. The van der Waals surface area contributed by atoms with Gasteiger partial charge in [-0.1, -0.05) is 30.0 Å². The van der Waals surface area contributed by atoms with Gasteiger partial charge in [-0.25, -0.2) is 0 Å². The molecule has 0 saturated heterocycles. The molecule has 1 atom stereocenters. The van der Waals surface area contributed by atoms with Crippen LogP contribution in [0.4, 0.5) is 11.4 Å². The molecule has 0 bridgehead atoms. The summed E-state index contributed by atoms with van der Waals surface area (Å²) in [6.07, 6.45) is 0.0801. The Hall–Kier alpha value is -3.53. The van der Waals surface area contributed by atoms with E-state index in [2.05, 4.69) is 20.8 Å². The lowest BCUT2D eigenvalue weighted by Gasteiger charge is -2.12. The molecule has 4 rings (SSSR count). The fourth-order valence-corrected chi connectivity index (χ4v) is 3.74. The molecule has 0 unspecified atom stereocenters. The Morgan fingerprint density at radius 3 is 2.65 bits per heavy atom. The first-order valence-corrected chi connectivity index (χ1v) is 10.5. The van der Waals surface area contributed by atoms with E-state index < -0.39 is 5.25 Å². The minimum atomic E-state index is -0.431. The third-order valence-corrected chi connectivity index (χ3v) is 5.73. The van der Waals surface area contributed by atoms with Gasteiger partial charge in [0.2, 0.25) is 18.6 Å². The van der Waals surface area contributed by atoms with E-state index in [-0.39, 0.29) is 25.0 Å². The largest absolute Gasteiger partial charge is 0.454 e. The number of benzene rings is 2. The Bertz CT molecular complexity index is 1100. The van der Waals surface area contributed by atoms with E-state index in [1.807, 2.05) is 30.3 Å². The molecule has 2 amide bonds. The summed E-state index contributed by atoms with van der Waals surface area (Å²) in [5.74, 6) is 1.40. The van der Waals surface area contributed by atoms with Crippen molar-refractivity contribution in [1.82, 2.24) is 14.8 Å². The molecule has 0 radical (unpaired) electrons. The van der Waals surface area contributed by atoms with E-state index in [4.69, 9.17) is 9.47 Å². The number of fused-ring (bicyclic) bond motifs is 1. The van der Waals surface area contributed by atoms with Crippen LogP contribution in [-0.4, -0.2) is 38.6 Å². The Labute approximate surface area is 183 Å². The molecule has 0 saturated carbocycles. The molecule has 9 nitrogen and oxygen atoms in total. The number of carbonyl (C=O) groups excluding carboxylic acids is 2. The number of rotatable bonds is 7. The van der Waals surface area contributed by atoms with Crippen LogP contribution >= 0.6 is 11.8 Å². The summed E-state index contributed by atoms with van der Waals surface area (Å²) in [7, 11) is 1.77. The first-order valence-electron chi connectivity index (χ1n) is 9.60. The smallest absolute Gasteiger partial charge is 0.237 e. The molecule has 10 heteroatoms. The minimum absolute atomic E-state index is 0.0801. The number of carbonyl (C=O) groups is 2. The van der Waals surface area contributed by atoms with Gasteiger partial charge in [-0.3, -0.25) is 9.59 Å². The van der Waals surface area contributed by atoms with Gasteiger partial charge in [0.25, 0.3) is 0 Å². The Kier molecular flexibility index (Phi) is 6.08. The number of ether oxygens (including phenoxy) is 2. The highest BCUT2D eigenvalue weighted by Crippen LogP contribution is 2.34. The van der Waals surface area contributed by atoms with Crippen LogP contribution in [0.25, 0.3) is 0 Å². The van der Waals surface area contributed by atoms with E-state index in [1.54, 1.807) is 36.7 Å². The number of aromatic nitrogens is 3. The molecule has 1 aliphatic heterocycles. The van der Waals surface area contributed by atoms with Crippen LogP contribution in [0.15, 0.2) is 53.7 Å². The molecular formula is C21H21N5O4S. The number of nitrogens with zero attached hydrogens (tertiary/aromatic N) is 3. The molecular weight excluding hydrogens is 418 g/mol. The van der Waals surface area contributed by atoms with Gasteiger partial charge in [-0.05, 0) is 31.2 Å². The molecule has 2 N–H and O–H groups in total. The van der Waals surface area contributed by atoms with Gasteiger partial charge in [0, 0.05) is 24.5 Å². The van der Waals surface area contributed by atoms with Gasteiger partial charge in [0.15, 0.2) is 16.7 Å². The van der Waals surface area contributed by atoms with Gasteiger partial charge in [-0.15, -0.1) is 10.2 Å². The molecule has 2 aromatic carbocycles. The lowest BCUT2D eigenvalue weighted by Crippen LogP contribution is -2.23. The fraction of sp³-hybridized carbons (Fsp3) is 0.238.